The van der Waals surface area contributed by atoms with Crippen molar-refractivity contribution in [3.8, 4) is 5.75 Å². The Kier molecular flexibility index (Phi) is 3.69. The molecule has 0 saturated heterocycles. The van der Waals surface area contributed by atoms with E-state index in [2.05, 4.69) is 0 Å². The molecule has 0 unspecified atom stereocenters. The van der Waals surface area contributed by atoms with Crippen molar-refractivity contribution in [1.82, 2.24) is 0 Å². The molecule has 1 aromatic rings. The molecule has 0 heterocycles. The third kappa shape index (κ3) is 2.80. The molecule has 12 heavy (non-hydrogen) atoms. The van der Waals surface area contributed by atoms with Crippen LogP contribution in [0.3, 0.4) is 0 Å². The van der Waals surface area contributed by atoms with Crippen LogP contribution in [0.4, 0.5) is 13.2 Å². The van der Waals surface area contributed by atoms with E-state index in [1.54, 1.807) is 0 Å². The Labute approximate surface area is 79.4 Å². The molecule has 5 heteroatoms. The van der Waals surface area contributed by atoms with Crippen LogP contribution in [0, 0.1) is 0 Å². The van der Waals surface area contributed by atoms with Crippen molar-refractivity contribution in [3.63, 3.8) is 0 Å². The van der Waals surface area contributed by atoms with Gasteiger partial charge in [-0.25, -0.2) is 0 Å². The molecular formula is C7H4F3LiO. The maximum absolute atomic E-state index is 11.8. The van der Waals surface area contributed by atoms with E-state index in [1.165, 1.54) is 0 Å². The molecule has 0 radical (unpaired) electrons. The number of halogens is 3. The van der Waals surface area contributed by atoms with Gasteiger partial charge in [0.2, 0.25) is 0 Å². The predicted molar refractivity (Wildman–Crippen MR) is 30.9 cm³/mol. The van der Waals surface area contributed by atoms with Crippen molar-refractivity contribution in [2.45, 2.75) is 6.18 Å². The number of benzene rings is 1. The van der Waals surface area contributed by atoms with E-state index in [9.17, 15) is 18.3 Å². The summed E-state index contributed by atoms with van der Waals surface area (Å²) in [5.74, 6) is -0.625. The van der Waals surface area contributed by atoms with Gasteiger partial charge in [-0.15, -0.1) is 5.75 Å². The molecule has 0 atom stereocenters. The molecule has 0 aromatic heterocycles. The summed E-state index contributed by atoms with van der Waals surface area (Å²) in [6.45, 7) is 0. The van der Waals surface area contributed by atoms with Crippen molar-refractivity contribution in [2.75, 3.05) is 0 Å². The molecule has 0 aliphatic rings. The maximum atomic E-state index is 11.8. The van der Waals surface area contributed by atoms with Gasteiger partial charge in [-0.05, 0) is 0 Å². The average molecular weight is 168 g/mol. The molecule has 1 nitrogen and oxygen atoms in total. The van der Waals surface area contributed by atoms with Gasteiger partial charge in [-0.3, -0.25) is 0 Å². The first-order valence-corrected chi connectivity index (χ1v) is 2.84. The Bertz CT molecular complexity index is 259. The van der Waals surface area contributed by atoms with Gasteiger partial charge in [0.05, 0.1) is 5.56 Å². The maximum Gasteiger partial charge on any atom is 1.00 e. The smallest absolute Gasteiger partial charge is 0.872 e. The summed E-state index contributed by atoms with van der Waals surface area (Å²) in [5, 5.41) is 10.4. The summed E-state index contributed by atoms with van der Waals surface area (Å²) in [7, 11) is 0. The van der Waals surface area contributed by atoms with Crippen LogP contribution in [0.2, 0.25) is 0 Å². The fourth-order valence-electron chi connectivity index (χ4n) is 0.672. The van der Waals surface area contributed by atoms with E-state index in [0.29, 0.717) is 6.07 Å². The summed E-state index contributed by atoms with van der Waals surface area (Å²) in [4.78, 5) is 0. The molecule has 1 rings (SSSR count). The normalized spacial score (nSPS) is 10.6. The Morgan fingerprint density at radius 2 is 1.75 bits per heavy atom. The fraction of sp³-hybridized carbons (Fsp3) is 0.143. The molecule has 0 fully saturated rings. The molecule has 0 amide bonds. The van der Waals surface area contributed by atoms with Crippen LogP contribution >= 0.6 is 0 Å². The van der Waals surface area contributed by atoms with Gasteiger partial charge >= 0.3 is 25.0 Å². The quantitative estimate of drug-likeness (QED) is 0.445. The average Bonchev–Trinajstić information content (AvgIpc) is 1.86. The van der Waals surface area contributed by atoms with Crippen LogP contribution in [0.1, 0.15) is 5.56 Å². The second-order valence-electron chi connectivity index (χ2n) is 2.03. The van der Waals surface area contributed by atoms with Crippen LogP contribution < -0.4 is 24.0 Å². The molecule has 0 aliphatic heterocycles. The van der Waals surface area contributed by atoms with E-state index in [4.69, 9.17) is 0 Å². The van der Waals surface area contributed by atoms with Gasteiger partial charge in [-0.1, -0.05) is 24.3 Å². The van der Waals surface area contributed by atoms with E-state index in [-0.39, 0.29) is 18.9 Å². The zero-order chi connectivity index (χ0) is 8.48. The first-order chi connectivity index (χ1) is 5.00. The number of hydrogen-bond acceptors (Lipinski definition) is 1. The van der Waals surface area contributed by atoms with Crippen molar-refractivity contribution >= 4 is 0 Å². The minimum atomic E-state index is -4.42. The molecule has 0 bridgehead atoms. The van der Waals surface area contributed by atoms with Crippen molar-refractivity contribution in [1.29, 1.82) is 0 Å². The molecule has 1 aromatic carbocycles. The monoisotopic (exact) mass is 168 g/mol. The second kappa shape index (κ2) is 3.88. The van der Waals surface area contributed by atoms with E-state index >= 15 is 0 Å². The molecule has 0 aliphatic carbocycles. The van der Waals surface area contributed by atoms with Gasteiger partial charge in [0.15, 0.2) is 0 Å². The number of hydrogen-bond donors (Lipinski definition) is 0. The van der Waals surface area contributed by atoms with Crippen molar-refractivity contribution < 1.29 is 37.1 Å². The van der Waals surface area contributed by atoms with Crippen LogP contribution in [0.5, 0.6) is 5.75 Å². The minimum Gasteiger partial charge on any atom is -0.872 e. The predicted octanol–water partition coefficient (Wildman–Crippen LogP) is -1.22. The van der Waals surface area contributed by atoms with Crippen LogP contribution in [0.15, 0.2) is 24.3 Å². The minimum absolute atomic E-state index is 0. The van der Waals surface area contributed by atoms with Gasteiger partial charge in [0, 0.05) is 0 Å². The first kappa shape index (κ1) is 11.4. The summed E-state index contributed by atoms with van der Waals surface area (Å²) in [5.41, 5.74) is -0.898. The van der Waals surface area contributed by atoms with E-state index < -0.39 is 17.5 Å². The van der Waals surface area contributed by atoms with Gasteiger partial charge in [0.1, 0.15) is 0 Å². The van der Waals surface area contributed by atoms with Crippen LogP contribution in [0.25, 0.3) is 0 Å². The van der Waals surface area contributed by atoms with Gasteiger partial charge < -0.3 is 5.11 Å². The molecule has 0 saturated carbocycles. The van der Waals surface area contributed by atoms with Crippen molar-refractivity contribution in [2.24, 2.45) is 0 Å². The summed E-state index contributed by atoms with van der Waals surface area (Å²) >= 11 is 0. The molecular weight excluding hydrogens is 164 g/mol. The molecule has 60 valence electrons. The Hall–Kier alpha value is -0.593. The fourth-order valence-corrected chi connectivity index (χ4v) is 0.672. The Morgan fingerprint density at radius 1 is 1.17 bits per heavy atom. The van der Waals surface area contributed by atoms with Crippen LogP contribution in [-0.4, -0.2) is 0 Å². The summed E-state index contributed by atoms with van der Waals surface area (Å²) < 4.78 is 35.5. The standard InChI is InChI=1S/C7H5F3O.Li/c8-7(9,10)5-2-1-3-6(11)4-5;/h1-4,11H;/q;+1/p-1. The second-order valence-corrected chi connectivity index (χ2v) is 2.03. The zero-order valence-electron chi connectivity index (χ0n) is 6.35. The SMILES string of the molecule is [Li+].[O-]c1cccc(C(F)(F)F)c1. The Balaban J connectivity index is 0.00000121. The number of rotatable bonds is 0. The van der Waals surface area contributed by atoms with E-state index in [1.807, 2.05) is 0 Å². The molecule has 0 N–H and O–H groups in total. The van der Waals surface area contributed by atoms with Crippen molar-refractivity contribution in [3.05, 3.63) is 29.8 Å². The third-order valence-corrected chi connectivity index (χ3v) is 1.16. The van der Waals surface area contributed by atoms with Gasteiger partial charge in [-0.2, -0.15) is 13.2 Å². The summed E-state index contributed by atoms with van der Waals surface area (Å²) in [6.07, 6.45) is -4.42. The summed E-state index contributed by atoms with van der Waals surface area (Å²) in [6, 6.07) is 3.60. The van der Waals surface area contributed by atoms with Crippen LogP contribution in [-0.2, 0) is 6.18 Å². The number of alkyl halides is 3. The van der Waals surface area contributed by atoms with Gasteiger partial charge in [0.25, 0.3) is 0 Å². The topological polar surface area (TPSA) is 23.1 Å². The Morgan fingerprint density at radius 3 is 2.08 bits per heavy atom. The van der Waals surface area contributed by atoms with E-state index in [0.717, 1.165) is 18.2 Å². The zero-order valence-corrected chi connectivity index (χ0v) is 6.35. The first-order valence-electron chi connectivity index (χ1n) is 2.84. The molecule has 0 spiro atoms. The third-order valence-electron chi connectivity index (χ3n) is 1.16. The largest absolute Gasteiger partial charge is 1.00 e.